The van der Waals surface area contributed by atoms with Crippen molar-refractivity contribution in [3.63, 3.8) is 0 Å². The summed E-state index contributed by atoms with van der Waals surface area (Å²) < 4.78 is 5.68. The van der Waals surface area contributed by atoms with Gasteiger partial charge in [-0.1, -0.05) is 32.0 Å². The molecule has 1 heterocycles. The molecule has 1 aliphatic heterocycles. The lowest BCUT2D eigenvalue weighted by Gasteiger charge is -2.35. The number of nitrogens with one attached hydrogen (secondary N) is 2. The summed E-state index contributed by atoms with van der Waals surface area (Å²) in [5.74, 6) is 0.479. The summed E-state index contributed by atoms with van der Waals surface area (Å²) in [6.07, 6.45) is 0.0874. The molecule has 0 aromatic heterocycles. The number of carbonyl (C=O) groups excluding carboxylic acids is 2. The molecule has 1 fully saturated rings. The maximum Gasteiger partial charge on any atom is 0.237 e. The molecular weight excluding hydrogens is 346 g/mol. The Morgan fingerprint density at radius 3 is 2.85 bits per heavy atom. The third kappa shape index (κ3) is 6.22. The van der Waals surface area contributed by atoms with Crippen LogP contribution < -0.4 is 15.4 Å². The molecule has 1 aromatic carbocycles. The van der Waals surface area contributed by atoms with E-state index < -0.39 is 6.04 Å². The van der Waals surface area contributed by atoms with Crippen LogP contribution in [0.5, 0.6) is 5.75 Å². The summed E-state index contributed by atoms with van der Waals surface area (Å²) in [6.45, 7) is 8.38. The predicted molar refractivity (Wildman–Crippen MR) is 103 cm³/mol. The van der Waals surface area contributed by atoms with Gasteiger partial charge in [0.1, 0.15) is 5.75 Å². The van der Waals surface area contributed by atoms with Gasteiger partial charge < -0.3 is 20.5 Å². The average molecular weight is 377 g/mol. The molecule has 7 heteroatoms. The smallest absolute Gasteiger partial charge is 0.237 e. The van der Waals surface area contributed by atoms with E-state index in [2.05, 4.69) is 10.6 Å². The largest absolute Gasteiger partial charge is 0.494 e. The van der Waals surface area contributed by atoms with Crippen molar-refractivity contribution in [2.24, 2.45) is 5.41 Å². The number of rotatable bonds is 9. The lowest BCUT2D eigenvalue weighted by molar-refractivity contribution is -0.134. The van der Waals surface area contributed by atoms with Crippen molar-refractivity contribution in [2.45, 2.75) is 39.8 Å². The molecule has 1 aromatic rings. The van der Waals surface area contributed by atoms with Gasteiger partial charge in [0.25, 0.3) is 0 Å². The minimum atomic E-state index is -0.523. The van der Waals surface area contributed by atoms with E-state index in [0.29, 0.717) is 32.8 Å². The number of aliphatic hydroxyl groups excluding tert-OH is 1. The highest BCUT2D eigenvalue weighted by Crippen LogP contribution is 2.22. The lowest BCUT2D eigenvalue weighted by atomic mass is 9.95. The Bertz CT molecular complexity index is 648. The topological polar surface area (TPSA) is 90.9 Å². The summed E-state index contributed by atoms with van der Waals surface area (Å²) in [6, 6.07) is 7.25. The van der Waals surface area contributed by atoms with Crippen molar-refractivity contribution in [1.29, 1.82) is 0 Å². The van der Waals surface area contributed by atoms with E-state index in [1.54, 1.807) is 0 Å². The molecule has 7 nitrogen and oxygen atoms in total. The zero-order valence-electron chi connectivity index (χ0n) is 16.5. The molecule has 27 heavy (non-hydrogen) atoms. The number of ether oxygens (including phenoxy) is 1. The third-order valence-electron chi connectivity index (χ3n) is 4.66. The summed E-state index contributed by atoms with van der Waals surface area (Å²) >= 11 is 0. The summed E-state index contributed by atoms with van der Waals surface area (Å²) in [4.78, 5) is 26.8. The number of piperazine rings is 1. The fourth-order valence-electron chi connectivity index (χ4n) is 2.96. The van der Waals surface area contributed by atoms with Gasteiger partial charge >= 0.3 is 0 Å². The molecule has 2 amide bonds. The van der Waals surface area contributed by atoms with E-state index in [0.717, 1.165) is 11.3 Å². The predicted octanol–water partition coefficient (Wildman–Crippen LogP) is 0.911. The van der Waals surface area contributed by atoms with Crippen molar-refractivity contribution in [3.8, 4) is 5.75 Å². The molecule has 1 aliphatic rings. The molecule has 150 valence electrons. The van der Waals surface area contributed by atoms with E-state index in [1.165, 1.54) is 0 Å². The summed E-state index contributed by atoms with van der Waals surface area (Å²) in [5, 5.41) is 15.0. The molecule has 0 unspecified atom stereocenters. The normalized spacial score (nSPS) is 18.1. The van der Waals surface area contributed by atoms with Gasteiger partial charge in [0.15, 0.2) is 0 Å². The molecule has 1 atom stereocenters. The number of carbonyl (C=O) groups is 2. The Kier molecular flexibility index (Phi) is 7.62. The highest BCUT2D eigenvalue weighted by molar-refractivity contribution is 5.88. The number of hydrogen-bond donors (Lipinski definition) is 3. The number of benzene rings is 1. The minimum Gasteiger partial charge on any atom is -0.494 e. The number of nitrogens with zero attached hydrogens (tertiary/aromatic N) is 1. The second-order valence-electron chi connectivity index (χ2n) is 7.62. The lowest BCUT2D eigenvalue weighted by Crippen LogP contribution is -2.56. The number of para-hydroxylation sites is 1. The van der Waals surface area contributed by atoms with E-state index in [-0.39, 0.29) is 30.3 Å². The van der Waals surface area contributed by atoms with Crippen LogP contribution in [0.3, 0.4) is 0 Å². The monoisotopic (exact) mass is 377 g/mol. The van der Waals surface area contributed by atoms with Crippen LogP contribution in [0, 0.1) is 5.41 Å². The highest BCUT2D eigenvalue weighted by atomic mass is 16.5. The van der Waals surface area contributed by atoms with Crippen LogP contribution in [0.4, 0.5) is 0 Å². The average Bonchev–Trinajstić information content (AvgIpc) is 2.65. The van der Waals surface area contributed by atoms with Gasteiger partial charge in [0.2, 0.25) is 11.8 Å². The van der Waals surface area contributed by atoms with Gasteiger partial charge in [0.05, 0.1) is 19.1 Å². The Morgan fingerprint density at radius 2 is 2.15 bits per heavy atom. The van der Waals surface area contributed by atoms with Gasteiger partial charge in [-0.05, 0) is 13.0 Å². The number of amides is 2. The Balaban J connectivity index is 2.04. The maximum absolute atomic E-state index is 12.4. The first kappa shape index (κ1) is 21.2. The van der Waals surface area contributed by atoms with Crippen LogP contribution in [-0.4, -0.2) is 60.7 Å². The van der Waals surface area contributed by atoms with Crippen LogP contribution in [0.2, 0.25) is 0 Å². The molecule has 0 aliphatic carbocycles. The second kappa shape index (κ2) is 9.71. The Hall–Kier alpha value is -2.12. The van der Waals surface area contributed by atoms with Gasteiger partial charge in [-0.15, -0.1) is 0 Å². The number of aliphatic hydroxyl groups is 1. The van der Waals surface area contributed by atoms with E-state index in [9.17, 15) is 14.7 Å². The van der Waals surface area contributed by atoms with Crippen LogP contribution in [-0.2, 0) is 16.1 Å². The van der Waals surface area contributed by atoms with Gasteiger partial charge in [-0.3, -0.25) is 14.5 Å². The Morgan fingerprint density at radius 1 is 1.41 bits per heavy atom. The molecular formula is C20H31N3O4. The first-order valence-corrected chi connectivity index (χ1v) is 9.46. The SMILES string of the molecule is CCOc1ccccc1CN1CCNC(=O)[C@@H]1CC(=O)NCC(C)(C)CO. The molecule has 3 N–H and O–H groups in total. The van der Waals surface area contributed by atoms with Crippen LogP contribution in [0.25, 0.3) is 0 Å². The molecule has 2 rings (SSSR count). The number of hydrogen-bond acceptors (Lipinski definition) is 5. The quantitative estimate of drug-likeness (QED) is 0.595. The molecule has 1 saturated heterocycles. The zero-order valence-corrected chi connectivity index (χ0v) is 16.5. The molecule has 0 bridgehead atoms. The minimum absolute atomic E-state index is 0.0163. The Labute approximate surface area is 161 Å². The summed E-state index contributed by atoms with van der Waals surface area (Å²) in [7, 11) is 0. The van der Waals surface area contributed by atoms with E-state index in [4.69, 9.17) is 4.74 Å². The van der Waals surface area contributed by atoms with Gasteiger partial charge in [-0.25, -0.2) is 0 Å². The second-order valence-corrected chi connectivity index (χ2v) is 7.62. The third-order valence-corrected chi connectivity index (χ3v) is 4.66. The first-order chi connectivity index (χ1) is 12.9. The van der Waals surface area contributed by atoms with Crippen molar-refractivity contribution in [3.05, 3.63) is 29.8 Å². The molecule has 0 saturated carbocycles. The van der Waals surface area contributed by atoms with Crippen LogP contribution in [0.1, 0.15) is 32.8 Å². The van der Waals surface area contributed by atoms with Crippen molar-refractivity contribution in [2.75, 3.05) is 32.8 Å². The molecule has 0 spiro atoms. The van der Waals surface area contributed by atoms with E-state index in [1.807, 2.05) is 49.9 Å². The fourth-order valence-corrected chi connectivity index (χ4v) is 2.96. The maximum atomic E-state index is 12.4. The van der Waals surface area contributed by atoms with Crippen molar-refractivity contribution >= 4 is 11.8 Å². The van der Waals surface area contributed by atoms with Crippen molar-refractivity contribution in [1.82, 2.24) is 15.5 Å². The van der Waals surface area contributed by atoms with Crippen molar-refractivity contribution < 1.29 is 19.4 Å². The summed E-state index contributed by atoms with van der Waals surface area (Å²) in [5.41, 5.74) is 0.613. The van der Waals surface area contributed by atoms with E-state index >= 15 is 0 Å². The standard InChI is InChI=1S/C20H31N3O4/c1-4-27-17-8-6-5-7-15(17)12-23-10-9-21-19(26)16(23)11-18(25)22-13-20(2,3)14-24/h5-8,16,24H,4,9-14H2,1-3H3,(H,21,26)(H,22,25)/t16-/m0/s1. The van der Waals surface area contributed by atoms with Crippen LogP contribution in [0.15, 0.2) is 24.3 Å². The van der Waals surface area contributed by atoms with Gasteiger partial charge in [0, 0.05) is 43.8 Å². The highest BCUT2D eigenvalue weighted by Gasteiger charge is 2.32. The van der Waals surface area contributed by atoms with Gasteiger partial charge in [-0.2, -0.15) is 0 Å². The first-order valence-electron chi connectivity index (χ1n) is 9.46. The zero-order chi connectivity index (χ0) is 19.9. The molecule has 0 radical (unpaired) electrons. The fraction of sp³-hybridized carbons (Fsp3) is 0.600. The van der Waals surface area contributed by atoms with Crippen LogP contribution >= 0.6 is 0 Å².